The molecule has 1 unspecified atom stereocenters. The predicted octanol–water partition coefficient (Wildman–Crippen LogP) is 0.511. The van der Waals surface area contributed by atoms with Crippen LogP contribution >= 0.6 is 0 Å². The molecule has 2 aliphatic rings. The Bertz CT molecular complexity index is 470. The molecule has 0 saturated carbocycles. The number of ether oxygens (including phenoxy) is 1. The van der Waals surface area contributed by atoms with Crippen LogP contribution < -0.4 is 20.7 Å². The molecule has 1 saturated heterocycles. The summed E-state index contributed by atoms with van der Waals surface area (Å²) in [5.41, 5.74) is 2.00. The standard InChI is InChI=1S/C14H19N3O2/c18-14-9-19-13-2-1-10(7-12(13)17-14)3-6-16-11-4-5-15-8-11/h1-2,7,11,15-16H,3-6,8-9H2,(H,17,18). The van der Waals surface area contributed by atoms with E-state index in [1.54, 1.807) is 0 Å². The zero-order chi connectivity index (χ0) is 13.1. The summed E-state index contributed by atoms with van der Waals surface area (Å²) in [7, 11) is 0. The monoisotopic (exact) mass is 261 g/mol. The lowest BCUT2D eigenvalue weighted by atomic mass is 10.1. The maximum atomic E-state index is 11.3. The molecule has 1 amide bonds. The van der Waals surface area contributed by atoms with Crippen LogP contribution in [0.15, 0.2) is 18.2 Å². The molecule has 19 heavy (non-hydrogen) atoms. The van der Waals surface area contributed by atoms with E-state index in [4.69, 9.17) is 4.74 Å². The summed E-state index contributed by atoms with van der Waals surface area (Å²) in [6.07, 6.45) is 2.16. The Labute approximate surface area is 112 Å². The van der Waals surface area contributed by atoms with Gasteiger partial charge >= 0.3 is 0 Å². The van der Waals surface area contributed by atoms with Crippen LogP contribution in [0.1, 0.15) is 12.0 Å². The molecule has 102 valence electrons. The average Bonchev–Trinajstić information content (AvgIpc) is 2.91. The smallest absolute Gasteiger partial charge is 0.262 e. The number of hydrogen-bond acceptors (Lipinski definition) is 4. The molecule has 0 spiro atoms. The van der Waals surface area contributed by atoms with E-state index in [2.05, 4.69) is 22.0 Å². The Kier molecular flexibility index (Phi) is 3.66. The molecule has 5 nitrogen and oxygen atoms in total. The highest BCUT2D eigenvalue weighted by molar-refractivity contribution is 5.95. The molecule has 0 radical (unpaired) electrons. The summed E-state index contributed by atoms with van der Waals surface area (Å²) in [6, 6.07) is 6.59. The number of amides is 1. The maximum absolute atomic E-state index is 11.3. The summed E-state index contributed by atoms with van der Waals surface area (Å²) in [5.74, 6) is 0.677. The number of rotatable bonds is 4. The molecule has 1 aromatic carbocycles. The Morgan fingerprint density at radius 3 is 3.21 bits per heavy atom. The van der Waals surface area contributed by atoms with Gasteiger partial charge in [0.2, 0.25) is 0 Å². The second kappa shape index (κ2) is 5.59. The second-order valence-corrected chi connectivity index (χ2v) is 5.06. The number of nitrogens with one attached hydrogen (secondary N) is 3. The fraction of sp³-hybridized carbons (Fsp3) is 0.500. The SMILES string of the molecule is O=C1COc2ccc(CCNC3CCNC3)cc2N1. The number of carbonyl (C=O) groups is 1. The first-order valence-electron chi connectivity index (χ1n) is 6.81. The summed E-state index contributed by atoms with van der Waals surface area (Å²) in [4.78, 5) is 11.3. The van der Waals surface area contributed by atoms with Gasteiger partial charge in [-0.2, -0.15) is 0 Å². The van der Waals surface area contributed by atoms with Crippen molar-refractivity contribution in [1.29, 1.82) is 0 Å². The highest BCUT2D eigenvalue weighted by Gasteiger charge is 2.16. The van der Waals surface area contributed by atoms with Crippen LogP contribution in [0.3, 0.4) is 0 Å². The van der Waals surface area contributed by atoms with E-state index in [9.17, 15) is 4.79 Å². The third-order valence-electron chi connectivity index (χ3n) is 3.58. The van der Waals surface area contributed by atoms with Crippen LogP contribution in [0.5, 0.6) is 5.75 Å². The lowest BCUT2D eigenvalue weighted by molar-refractivity contribution is -0.118. The maximum Gasteiger partial charge on any atom is 0.262 e. The van der Waals surface area contributed by atoms with Gasteiger partial charge in [-0.25, -0.2) is 0 Å². The highest BCUT2D eigenvalue weighted by Crippen LogP contribution is 2.28. The quantitative estimate of drug-likeness (QED) is 0.739. The van der Waals surface area contributed by atoms with Crippen molar-refractivity contribution in [2.24, 2.45) is 0 Å². The van der Waals surface area contributed by atoms with Gasteiger partial charge in [-0.15, -0.1) is 0 Å². The highest BCUT2D eigenvalue weighted by atomic mass is 16.5. The van der Waals surface area contributed by atoms with E-state index in [0.717, 1.165) is 37.5 Å². The van der Waals surface area contributed by atoms with Crippen molar-refractivity contribution in [2.75, 3.05) is 31.6 Å². The van der Waals surface area contributed by atoms with E-state index in [1.165, 1.54) is 12.0 Å². The Morgan fingerprint density at radius 1 is 1.42 bits per heavy atom. The van der Waals surface area contributed by atoms with Crippen LogP contribution in [0.2, 0.25) is 0 Å². The van der Waals surface area contributed by atoms with Crippen LogP contribution in [0.4, 0.5) is 5.69 Å². The van der Waals surface area contributed by atoms with E-state index in [1.807, 2.05) is 12.1 Å². The van der Waals surface area contributed by atoms with Gasteiger partial charge in [0.05, 0.1) is 5.69 Å². The number of fused-ring (bicyclic) bond motifs is 1. The Hall–Kier alpha value is -1.59. The van der Waals surface area contributed by atoms with Crippen LogP contribution in [0, 0.1) is 0 Å². The molecule has 1 fully saturated rings. The zero-order valence-electron chi connectivity index (χ0n) is 10.9. The largest absolute Gasteiger partial charge is 0.482 e. The van der Waals surface area contributed by atoms with E-state index in [0.29, 0.717) is 6.04 Å². The number of hydrogen-bond donors (Lipinski definition) is 3. The van der Waals surface area contributed by atoms with E-state index >= 15 is 0 Å². The summed E-state index contributed by atoms with van der Waals surface area (Å²) < 4.78 is 5.34. The van der Waals surface area contributed by atoms with Gasteiger partial charge in [0.25, 0.3) is 5.91 Å². The normalized spacial score (nSPS) is 21.7. The minimum atomic E-state index is -0.0835. The van der Waals surface area contributed by atoms with Gasteiger partial charge in [0.15, 0.2) is 6.61 Å². The van der Waals surface area contributed by atoms with E-state index in [-0.39, 0.29) is 12.5 Å². The van der Waals surface area contributed by atoms with Gasteiger partial charge in [0.1, 0.15) is 5.75 Å². The van der Waals surface area contributed by atoms with Crippen molar-refractivity contribution in [3.63, 3.8) is 0 Å². The molecular formula is C14H19N3O2. The molecule has 5 heteroatoms. The van der Waals surface area contributed by atoms with Gasteiger partial charge in [-0.05, 0) is 43.6 Å². The van der Waals surface area contributed by atoms with E-state index < -0.39 is 0 Å². The molecular weight excluding hydrogens is 242 g/mol. The zero-order valence-corrected chi connectivity index (χ0v) is 10.9. The fourth-order valence-corrected chi connectivity index (χ4v) is 2.54. The second-order valence-electron chi connectivity index (χ2n) is 5.06. The lowest BCUT2D eigenvalue weighted by Crippen LogP contribution is -2.32. The summed E-state index contributed by atoms with van der Waals surface area (Å²) in [6.45, 7) is 3.25. The van der Waals surface area contributed by atoms with Gasteiger partial charge in [-0.1, -0.05) is 6.07 Å². The lowest BCUT2D eigenvalue weighted by Gasteiger charge is -2.18. The molecule has 2 heterocycles. The molecule has 0 aromatic heterocycles. The first-order valence-corrected chi connectivity index (χ1v) is 6.81. The Morgan fingerprint density at radius 2 is 2.37 bits per heavy atom. The molecule has 0 bridgehead atoms. The molecule has 0 aliphatic carbocycles. The van der Waals surface area contributed by atoms with Crippen molar-refractivity contribution in [3.8, 4) is 5.75 Å². The third-order valence-corrected chi connectivity index (χ3v) is 3.58. The van der Waals surface area contributed by atoms with Crippen LogP contribution in [0.25, 0.3) is 0 Å². The van der Waals surface area contributed by atoms with Crippen molar-refractivity contribution in [3.05, 3.63) is 23.8 Å². The minimum Gasteiger partial charge on any atom is -0.482 e. The van der Waals surface area contributed by atoms with Gasteiger partial charge < -0.3 is 20.7 Å². The topological polar surface area (TPSA) is 62.4 Å². The minimum absolute atomic E-state index is 0.0835. The number of benzene rings is 1. The van der Waals surface area contributed by atoms with Crippen molar-refractivity contribution in [2.45, 2.75) is 18.9 Å². The number of carbonyl (C=O) groups excluding carboxylic acids is 1. The molecule has 3 N–H and O–H groups in total. The van der Waals surface area contributed by atoms with Crippen LogP contribution in [-0.2, 0) is 11.2 Å². The molecule has 2 aliphatic heterocycles. The third kappa shape index (κ3) is 3.05. The number of anilines is 1. The molecule has 1 aromatic rings. The van der Waals surface area contributed by atoms with Gasteiger partial charge in [-0.3, -0.25) is 4.79 Å². The fourth-order valence-electron chi connectivity index (χ4n) is 2.54. The van der Waals surface area contributed by atoms with Gasteiger partial charge in [0, 0.05) is 12.6 Å². The summed E-state index contributed by atoms with van der Waals surface area (Å²) >= 11 is 0. The van der Waals surface area contributed by atoms with Crippen LogP contribution in [-0.4, -0.2) is 38.2 Å². The predicted molar refractivity (Wildman–Crippen MR) is 73.5 cm³/mol. The molecule has 1 atom stereocenters. The van der Waals surface area contributed by atoms with Crippen molar-refractivity contribution < 1.29 is 9.53 Å². The Balaban J connectivity index is 1.56. The average molecular weight is 261 g/mol. The first-order chi connectivity index (χ1) is 9.31. The van der Waals surface area contributed by atoms with Crippen molar-refractivity contribution >= 4 is 11.6 Å². The van der Waals surface area contributed by atoms with Crippen molar-refractivity contribution in [1.82, 2.24) is 10.6 Å². The first kappa shape index (κ1) is 12.4. The molecule has 3 rings (SSSR count). The summed E-state index contributed by atoms with van der Waals surface area (Å²) in [5, 5.41) is 9.72.